The van der Waals surface area contributed by atoms with Gasteiger partial charge in [0.1, 0.15) is 6.17 Å². The van der Waals surface area contributed by atoms with E-state index in [0.717, 1.165) is 6.08 Å². The van der Waals surface area contributed by atoms with Crippen LogP contribution < -0.4 is 0 Å². The fraction of sp³-hybridized carbons (Fsp3) is 0.500. The van der Waals surface area contributed by atoms with E-state index in [2.05, 4.69) is 0 Å². The number of alkyl halides is 4. The normalized spacial score (nSPS) is 24.9. The minimum Gasteiger partial charge on any atom is -0.242 e. The highest BCUT2D eigenvalue weighted by atomic mass is 19.4. The zero-order valence-corrected chi connectivity index (χ0v) is 6.45. The molecule has 0 radical (unpaired) electrons. The van der Waals surface area contributed by atoms with Gasteiger partial charge in [-0.3, -0.25) is 0 Å². The number of allylic oxidation sites excluding steroid dienone is 4. The maximum absolute atomic E-state index is 12.7. The van der Waals surface area contributed by atoms with E-state index < -0.39 is 17.9 Å². The van der Waals surface area contributed by atoms with E-state index >= 15 is 0 Å². The van der Waals surface area contributed by atoms with E-state index in [0.29, 0.717) is 5.57 Å². The maximum atomic E-state index is 12.7. The second-order valence-corrected chi connectivity index (χ2v) is 2.75. The molecule has 0 aromatic rings. The first-order valence-electron chi connectivity index (χ1n) is 3.51. The van der Waals surface area contributed by atoms with Crippen molar-refractivity contribution in [1.82, 2.24) is 0 Å². The minimum absolute atomic E-state index is 0.169. The Hall–Kier alpha value is -0.800. The van der Waals surface area contributed by atoms with E-state index in [4.69, 9.17) is 0 Å². The van der Waals surface area contributed by atoms with Gasteiger partial charge in [-0.15, -0.1) is 0 Å². The predicted octanol–water partition coefficient (Wildman–Crippen LogP) is 3.16. The highest BCUT2D eigenvalue weighted by Crippen LogP contribution is 2.34. The van der Waals surface area contributed by atoms with Crippen molar-refractivity contribution in [3.8, 4) is 0 Å². The van der Waals surface area contributed by atoms with Gasteiger partial charge in [0.05, 0.1) is 5.57 Å². The molecule has 0 heterocycles. The molecule has 68 valence electrons. The molecule has 0 saturated heterocycles. The number of rotatable bonds is 0. The summed E-state index contributed by atoms with van der Waals surface area (Å²) in [7, 11) is 0. The quantitative estimate of drug-likeness (QED) is 0.502. The highest BCUT2D eigenvalue weighted by Gasteiger charge is 2.39. The first-order chi connectivity index (χ1) is 5.41. The van der Waals surface area contributed by atoms with E-state index in [-0.39, 0.29) is 6.42 Å². The second kappa shape index (κ2) is 2.92. The summed E-state index contributed by atoms with van der Waals surface area (Å²) in [5.41, 5.74) is -0.598. The van der Waals surface area contributed by atoms with Crippen LogP contribution in [0.4, 0.5) is 17.6 Å². The van der Waals surface area contributed by atoms with Crippen LogP contribution in [0.2, 0.25) is 0 Å². The Morgan fingerprint density at radius 2 is 2.00 bits per heavy atom. The molecule has 1 aliphatic carbocycles. The molecule has 1 aliphatic rings. The van der Waals surface area contributed by atoms with Crippen molar-refractivity contribution in [3.05, 3.63) is 23.3 Å². The lowest BCUT2D eigenvalue weighted by Crippen LogP contribution is -2.22. The van der Waals surface area contributed by atoms with Crippen molar-refractivity contribution >= 4 is 0 Å². The first-order valence-corrected chi connectivity index (χ1v) is 3.51. The van der Waals surface area contributed by atoms with E-state index in [1.807, 2.05) is 0 Å². The van der Waals surface area contributed by atoms with Crippen LogP contribution in [-0.2, 0) is 0 Å². The summed E-state index contributed by atoms with van der Waals surface area (Å²) in [5, 5.41) is 0. The Balaban J connectivity index is 2.94. The van der Waals surface area contributed by atoms with Crippen LogP contribution >= 0.6 is 0 Å². The average molecular weight is 180 g/mol. The molecule has 0 aromatic carbocycles. The molecule has 4 heteroatoms. The van der Waals surface area contributed by atoms with Gasteiger partial charge < -0.3 is 0 Å². The molecule has 1 rings (SSSR count). The van der Waals surface area contributed by atoms with Crippen LogP contribution in [0.15, 0.2) is 23.3 Å². The summed E-state index contributed by atoms with van der Waals surface area (Å²) in [6.07, 6.45) is -4.28. The minimum atomic E-state index is -4.53. The van der Waals surface area contributed by atoms with Gasteiger partial charge in [-0.05, 0) is 13.0 Å². The Bertz CT molecular complexity index is 234. The first kappa shape index (κ1) is 9.29. The smallest absolute Gasteiger partial charge is 0.242 e. The third-order valence-corrected chi connectivity index (χ3v) is 1.69. The molecule has 0 nitrogen and oxygen atoms in total. The second-order valence-electron chi connectivity index (χ2n) is 2.75. The summed E-state index contributed by atoms with van der Waals surface area (Å²) in [6, 6.07) is 0. The SMILES string of the molecule is CC1=CCC(F)C(C(F)(F)F)=C1. The zero-order valence-electron chi connectivity index (χ0n) is 6.45. The zero-order chi connectivity index (χ0) is 9.35. The third-order valence-electron chi connectivity index (χ3n) is 1.69. The third kappa shape index (κ3) is 1.87. The van der Waals surface area contributed by atoms with Gasteiger partial charge in [0, 0.05) is 6.42 Å². The van der Waals surface area contributed by atoms with Crippen LogP contribution in [0.25, 0.3) is 0 Å². The van der Waals surface area contributed by atoms with Crippen molar-refractivity contribution in [2.45, 2.75) is 25.7 Å². The van der Waals surface area contributed by atoms with Gasteiger partial charge in [-0.1, -0.05) is 11.6 Å². The fourth-order valence-electron chi connectivity index (χ4n) is 1.07. The lowest BCUT2D eigenvalue weighted by molar-refractivity contribution is -0.100. The Kier molecular flexibility index (Phi) is 2.26. The fourth-order valence-corrected chi connectivity index (χ4v) is 1.07. The highest BCUT2D eigenvalue weighted by molar-refractivity contribution is 5.31. The molecule has 1 unspecified atom stereocenters. The van der Waals surface area contributed by atoms with Crippen molar-refractivity contribution in [1.29, 1.82) is 0 Å². The summed E-state index contributed by atoms with van der Waals surface area (Å²) < 4.78 is 48.8. The molecule has 0 aromatic heterocycles. The monoisotopic (exact) mass is 180 g/mol. The summed E-state index contributed by atoms with van der Waals surface area (Å²) in [5.74, 6) is 0. The van der Waals surface area contributed by atoms with Gasteiger partial charge in [-0.25, -0.2) is 4.39 Å². The molecule has 12 heavy (non-hydrogen) atoms. The number of hydrogen-bond donors (Lipinski definition) is 0. The number of halogens is 4. The molecule has 0 bridgehead atoms. The molecule has 0 amide bonds. The predicted molar refractivity (Wildman–Crippen MR) is 37.4 cm³/mol. The summed E-state index contributed by atoms with van der Waals surface area (Å²) >= 11 is 0. The van der Waals surface area contributed by atoms with E-state index in [9.17, 15) is 17.6 Å². The van der Waals surface area contributed by atoms with Crippen LogP contribution in [0.5, 0.6) is 0 Å². The lowest BCUT2D eigenvalue weighted by atomic mass is 9.98. The Morgan fingerprint density at radius 3 is 2.42 bits per heavy atom. The molecule has 0 saturated carbocycles. The molecular weight excluding hydrogens is 172 g/mol. The molecule has 0 aliphatic heterocycles. The maximum Gasteiger partial charge on any atom is 0.415 e. The van der Waals surface area contributed by atoms with Gasteiger partial charge in [0.25, 0.3) is 0 Å². The van der Waals surface area contributed by atoms with Crippen LogP contribution in [0.1, 0.15) is 13.3 Å². The van der Waals surface area contributed by atoms with Crippen LogP contribution in [0, 0.1) is 0 Å². The Labute approximate surface area is 67.6 Å². The van der Waals surface area contributed by atoms with Crippen LogP contribution in [-0.4, -0.2) is 12.3 Å². The molecule has 1 atom stereocenters. The van der Waals surface area contributed by atoms with Gasteiger partial charge in [0.2, 0.25) is 0 Å². The largest absolute Gasteiger partial charge is 0.415 e. The molecule has 0 spiro atoms. The van der Waals surface area contributed by atoms with Gasteiger partial charge >= 0.3 is 6.18 Å². The van der Waals surface area contributed by atoms with Crippen LogP contribution in [0.3, 0.4) is 0 Å². The van der Waals surface area contributed by atoms with E-state index in [1.165, 1.54) is 13.0 Å². The van der Waals surface area contributed by atoms with E-state index in [1.54, 1.807) is 0 Å². The van der Waals surface area contributed by atoms with Gasteiger partial charge in [-0.2, -0.15) is 13.2 Å². The summed E-state index contributed by atoms with van der Waals surface area (Å²) in [4.78, 5) is 0. The molecule has 0 N–H and O–H groups in total. The summed E-state index contributed by atoms with van der Waals surface area (Å²) in [6.45, 7) is 1.53. The average Bonchev–Trinajstić information content (AvgIpc) is 1.92. The van der Waals surface area contributed by atoms with Crippen molar-refractivity contribution in [2.24, 2.45) is 0 Å². The lowest BCUT2D eigenvalue weighted by Gasteiger charge is -2.18. The topological polar surface area (TPSA) is 0 Å². The van der Waals surface area contributed by atoms with Gasteiger partial charge in [0.15, 0.2) is 0 Å². The molecular formula is C8H8F4. The molecule has 0 fully saturated rings. The van der Waals surface area contributed by atoms with Crippen molar-refractivity contribution in [2.75, 3.05) is 0 Å². The van der Waals surface area contributed by atoms with Crippen molar-refractivity contribution < 1.29 is 17.6 Å². The van der Waals surface area contributed by atoms with Crippen molar-refractivity contribution in [3.63, 3.8) is 0 Å². The number of hydrogen-bond acceptors (Lipinski definition) is 0. The Morgan fingerprint density at radius 1 is 1.42 bits per heavy atom. The standard InChI is InChI=1S/C8H8F4/c1-5-2-3-7(9)6(4-5)8(10,11)12/h2,4,7H,3H2,1H3.